The molecular formula is C26H29NO3. The molecule has 4 heteroatoms. The molecule has 2 atom stereocenters. The number of hydrogen-bond acceptors (Lipinski definition) is 4. The first-order valence-electron chi connectivity index (χ1n) is 10.7. The highest BCUT2D eigenvalue weighted by Gasteiger charge is 2.29. The number of carbonyl (C=O) groups excluding carboxylic acids is 1. The number of ether oxygens (including phenoxy) is 2. The van der Waals surface area contributed by atoms with Gasteiger partial charge < -0.3 is 15.2 Å². The van der Waals surface area contributed by atoms with E-state index in [1.807, 2.05) is 36.4 Å². The number of para-hydroxylation sites is 1. The Balaban J connectivity index is 1.45. The van der Waals surface area contributed by atoms with Gasteiger partial charge in [0.25, 0.3) is 0 Å². The summed E-state index contributed by atoms with van der Waals surface area (Å²) in [6, 6.07) is 20.8. The van der Waals surface area contributed by atoms with Gasteiger partial charge in [0.15, 0.2) is 0 Å². The summed E-state index contributed by atoms with van der Waals surface area (Å²) in [5.41, 5.74) is 9.16. The van der Waals surface area contributed by atoms with E-state index in [4.69, 9.17) is 15.2 Å². The molecule has 1 aliphatic carbocycles. The van der Waals surface area contributed by atoms with Crippen LogP contribution in [-0.2, 0) is 16.0 Å². The third kappa shape index (κ3) is 4.59. The molecule has 0 bridgehead atoms. The zero-order chi connectivity index (χ0) is 20.9. The van der Waals surface area contributed by atoms with Crippen molar-refractivity contribution in [1.82, 2.24) is 0 Å². The molecule has 0 amide bonds. The Labute approximate surface area is 178 Å². The highest BCUT2D eigenvalue weighted by atomic mass is 16.5. The fourth-order valence-corrected chi connectivity index (χ4v) is 4.58. The number of nitrogen functional groups attached to an aromatic ring is 1. The van der Waals surface area contributed by atoms with E-state index in [0.717, 1.165) is 17.0 Å². The van der Waals surface area contributed by atoms with Crippen LogP contribution >= 0.6 is 0 Å². The van der Waals surface area contributed by atoms with E-state index in [9.17, 15) is 4.79 Å². The van der Waals surface area contributed by atoms with Crippen LogP contribution in [0.25, 0.3) is 10.8 Å². The molecule has 1 fully saturated rings. The third-order valence-electron chi connectivity index (χ3n) is 6.23. The number of nitrogens with two attached hydrogens (primary N) is 1. The fraction of sp³-hybridized carbons (Fsp3) is 0.346. The second kappa shape index (κ2) is 9.21. The number of hydrogen-bond donors (Lipinski definition) is 1. The van der Waals surface area contributed by atoms with Crippen molar-refractivity contribution in [2.24, 2.45) is 5.92 Å². The maximum absolute atomic E-state index is 11.5. The van der Waals surface area contributed by atoms with E-state index in [1.54, 1.807) is 0 Å². The average Bonchev–Trinajstić information content (AvgIpc) is 3.24. The van der Waals surface area contributed by atoms with Gasteiger partial charge in [-0.1, -0.05) is 48.9 Å². The Morgan fingerprint density at radius 2 is 1.83 bits per heavy atom. The minimum Gasteiger partial charge on any atom is -0.493 e. The lowest BCUT2D eigenvalue weighted by molar-refractivity contribution is -0.140. The highest BCUT2D eigenvalue weighted by molar-refractivity contribution is 5.86. The van der Waals surface area contributed by atoms with Gasteiger partial charge in [-0.25, -0.2) is 0 Å². The topological polar surface area (TPSA) is 61.5 Å². The first-order chi connectivity index (χ1) is 14.6. The molecule has 4 nitrogen and oxygen atoms in total. The minimum atomic E-state index is -0.196. The zero-order valence-corrected chi connectivity index (χ0v) is 17.5. The normalized spacial score (nSPS) is 18.4. The molecule has 3 aromatic rings. The van der Waals surface area contributed by atoms with Crippen LogP contribution in [0.4, 0.5) is 5.69 Å². The molecule has 2 unspecified atom stereocenters. The second-order valence-electron chi connectivity index (χ2n) is 8.16. The van der Waals surface area contributed by atoms with Gasteiger partial charge in [-0.15, -0.1) is 0 Å². The number of carbonyl (C=O) groups is 1. The summed E-state index contributed by atoms with van der Waals surface area (Å²) in [7, 11) is 1.42. The van der Waals surface area contributed by atoms with Crippen molar-refractivity contribution >= 4 is 22.4 Å². The number of anilines is 1. The van der Waals surface area contributed by atoms with E-state index < -0.39 is 0 Å². The Morgan fingerprint density at radius 1 is 1.03 bits per heavy atom. The lowest BCUT2D eigenvalue weighted by Gasteiger charge is -2.22. The Hall–Kier alpha value is -3.01. The maximum atomic E-state index is 11.5. The molecule has 156 valence electrons. The predicted molar refractivity (Wildman–Crippen MR) is 121 cm³/mol. The van der Waals surface area contributed by atoms with E-state index in [-0.39, 0.29) is 5.97 Å². The molecule has 1 saturated carbocycles. The Morgan fingerprint density at radius 3 is 2.70 bits per heavy atom. The van der Waals surface area contributed by atoms with Crippen LogP contribution in [0.1, 0.15) is 42.7 Å². The summed E-state index contributed by atoms with van der Waals surface area (Å²) in [6.45, 7) is 0.694. The molecule has 4 rings (SSSR count). The maximum Gasteiger partial charge on any atom is 0.305 e. The molecule has 3 aromatic carbocycles. The Bertz CT molecular complexity index is 1030. The fourth-order valence-electron chi connectivity index (χ4n) is 4.58. The van der Waals surface area contributed by atoms with Crippen LogP contribution in [0.2, 0.25) is 0 Å². The van der Waals surface area contributed by atoms with Gasteiger partial charge in [-0.05, 0) is 71.2 Å². The standard InChI is InChI=1S/C26H29NO3/c1-29-26(28)14-12-18-5-2-3-8-25(18)30-17-22-6-4-7-24(22)21-10-9-20-16-23(27)13-11-19(20)15-21/h2-3,5,8-11,13,15-16,22,24H,4,6-7,12,14,17,27H2,1H3. The van der Waals surface area contributed by atoms with Crippen molar-refractivity contribution in [3.05, 3.63) is 71.8 Å². The molecule has 2 N–H and O–H groups in total. The molecular weight excluding hydrogens is 374 g/mol. The van der Waals surface area contributed by atoms with E-state index in [2.05, 4.69) is 24.3 Å². The number of rotatable bonds is 7. The smallest absolute Gasteiger partial charge is 0.305 e. The van der Waals surface area contributed by atoms with Crippen molar-refractivity contribution < 1.29 is 14.3 Å². The predicted octanol–water partition coefficient (Wildman–Crippen LogP) is 5.49. The summed E-state index contributed by atoms with van der Waals surface area (Å²) in [5, 5.41) is 2.42. The van der Waals surface area contributed by atoms with E-state index in [1.165, 1.54) is 42.7 Å². The first kappa shape index (κ1) is 20.3. The molecule has 30 heavy (non-hydrogen) atoms. The third-order valence-corrected chi connectivity index (χ3v) is 6.23. The van der Waals surface area contributed by atoms with Gasteiger partial charge >= 0.3 is 5.97 Å². The highest BCUT2D eigenvalue weighted by Crippen LogP contribution is 2.41. The number of fused-ring (bicyclic) bond motifs is 1. The molecule has 0 radical (unpaired) electrons. The van der Waals surface area contributed by atoms with Gasteiger partial charge in [-0.2, -0.15) is 0 Å². The molecule has 0 saturated heterocycles. The lowest BCUT2D eigenvalue weighted by Crippen LogP contribution is -2.16. The van der Waals surface area contributed by atoms with Crippen molar-refractivity contribution in [3.8, 4) is 5.75 Å². The largest absolute Gasteiger partial charge is 0.493 e. The minimum absolute atomic E-state index is 0.196. The number of esters is 1. The van der Waals surface area contributed by atoms with Crippen LogP contribution in [-0.4, -0.2) is 19.7 Å². The molecule has 0 aliphatic heterocycles. The summed E-state index contributed by atoms with van der Waals surface area (Å²) in [4.78, 5) is 11.5. The molecule has 0 aromatic heterocycles. The van der Waals surface area contributed by atoms with Gasteiger partial charge in [0.1, 0.15) is 5.75 Å². The van der Waals surface area contributed by atoms with Gasteiger partial charge in [0.2, 0.25) is 0 Å². The van der Waals surface area contributed by atoms with Gasteiger partial charge in [0.05, 0.1) is 13.7 Å². The van der Waals surface area contributed by atoms with Gasteiger partial charge in [0, 0.05) is 12.1 Å². The molecule has 0 spiro atoms. The zero-order valence-electron chi connectivity index (χ0n) is 17.5. The van der Waals surface area contributed by atoms with Crippen molar-refractivity contribution in [1.29, 1.82) is 0 Å². The second-order valence-corrected chi connectivity index (χ2v) is 8.16. The van der Waals surface area contributed by atoms with E-state index in [0.29, 0.717) is 31.3 Å². The SMILES string of the molecule is COC(=O)CCc1ccccc1OCC1CCCC1c1ccc2cc(N)ccc2c1. The van der Waals surface area contributed by atoms with Crippen molar-refractivity contribution in [2.75, 3.05) is 19.5 Å². The van der Waals surface area contributed by atoms with Crippen molar-refractivity contribution in [3.63, 3.8) is 0 Å². The molecule has 0 heterocycles. The number of benzene rings is 3. The first-order valence-corrected chi connectivity index (χ1v) is 10.7. The number of methoxy groups -OCH3 is 1. The lowest BCUT2D eigenvalue weighted by atomic mass is 9.88. The average molecular weight is 404 g/mol. The summed E-state index contributed by atoms with van der Waals surface area (Å²) >= 11 is 0. The van der Waals surface area contributed by atoms with Crippen LogP contribution in [0.15, 0.2) is 60.7 Å². The Kier molecular flexibility index (Phi) is 6.22. The van der Waals surface area contributed by atoms with Crippen LogP contribution in [0.5, 0.6) is 5.75 Å². The monoisotopic (exact) mass is 403 g/mol. The van der Waals surface area contributed by atoms with Crippen LogP contribution < -0.4 is 10.5 Å². The van der Waals surface area contributed by atoms with Crippen LogP contribution in [0.3, 0.4) is 0 Å². The van der Waals surface area contributed by atoms with Crippen LogP contribution in [0, 0.1) is 5.92 Å². The molecule has 1 aliphatic rings. The summed E-state index contributed by atoms with van der Waals surface area (Å²) < 4.78 is 11.0. The summed E-state index contributed by atoms with van der Waals surface area (Å²) in [6.07, 6.45) is 4.59. The summed E-state index contributed by atoms with van der Waals surface area (Å²) in [5.74, 6) is 1.68. The quantitative estimate of drug-likeness (QED) is 0.418. The van der Waals surface area contributed by atoms with Gasteiger partial charge in [-0.3, -0.25) is 4.79 Å². The van der Waals surface area contributed by atoms with Crippen molar-refractivity contribution in [2.45, 2.75) is 38.0 Å². The number of aryl methyl sites for hydroxylation is 1. The van der Waals surface area contributed by atoms with E-state index >= 15 is 0 Å².